The quantitative estimate of drug-likeness (QED) is 0.884. The van der Waals surface area contributed by atoms with Gasteiger partial charge >= 0.3 is 5.97 Å². The van der Waals surface area contributed by atoms with Gasteiger partial charge in [0.05, 0.1) is 12.2 Å². The average Bonchev–Trinajstić information content (AvgIpc) is 2.45. The molecule has 2 rings (SSSR count). The summed E-state index contributed by atoms with van der Waals surface area (Å²) >= 11 is 0. The van der Waals surface area contributed by atoms with Crippen molar-refractivity contribution in [1.29, 1.82) is 0 Å². The van der Waals surface area contributed by atoms with E-state index in [0.717, 1.165) is 11.1 Å². The van der Waals surface area contributed by atoms with Crippen molar-refractivity contribution < 1.29 is 14.6 Å². The molecule has 0 unspecified atom stereocenters. The van der Waals surface area contributed by atoms with Gasteiger partial charge in [-0.2, -0.15) is 0 Å². The highest BCUT2D eigenvalue weighted by Gasteiger charge is 2.11. The first kappa shape index (κ1) is 17.1. The van der Waals surface area contributed by atoms with E-state index in [4.69, 9.17) is 9.84 Å². The van der Waals surface area contributed by atoms with Gasteiger partial charge in [0.25, 0.3) is 0 Å². The summed E-state index contributed by atoms with van der Waals surface area (Å²) < 4.78 is 5.78. The second-order valence-electron chi connectivity index (χ2n) is 5.09. The van der Waals surface area contributed by atoms with Crippen LogP contribution in [-0.2, 0) is 0 Å². The molecule has 0 amide bonds. The molecule has 0 aliphatic heterocycles. The Morgan fingerprint density at radius 1 is 1.14 bits per heavy atom. The lowest BCUT2D eigenvalue weighted by molar-refractivity contribution is 0.0696. The average molecular weight is 307 g/mol. The van der Waals surface area contributed by atoms with Gasteiger partial charge in [-0.3, -0.25) is 0 Å². The van der Waals surface area contributed by atoms with Crippen LogP contribution in [0, 0.1) is 5.92 Å². The predicted octanol–water partition coefficient (Wildman–Crippen LogP) is 4.51. The highest BCUT2D eigenvalue weighted by atomic mass is 35.5. The fourth-order valence-corrected chi connectivity index (χ4v) is 1.89. The summed E-state index contributed by atoms with van der Waals surface area (Å²) in [4.78, 5) is 11.1. The summed E-state index contributed by atoms with van der Waals surface area (Å²) in [6, 6.07) is 14.8. The maximum absolute atomic E-state index is 11.1. The Labute approximate surface area is 131 Å². The minimum atomic E-state index is -0.945. The molecule has 0 saturated heterocycles. The van der Waals surface area contributed by atoms with Gasteiger partial charge in [-0.25, -0.2) is 4.79 Å². The Morgan fingerprint density at radius 2 is 1.81 bits per heavy atom. The van der Waals surface area contributed by atoms with Crippen molar-refractivity contribution in [1.82, 2.24) is 0 Å². The molecule has 0 aliphatic rings. The molecule has 1 N–H and O–H groups in total. The fraction of sp³-hybridized carbons (Fsp3) is 0.235. The van der Waals surface area contributed by atoms with E-state index in [1.54, 1.807) is 18.2 Å². The van der Waals surface area contributed by atoms with Gasteiger partial charge < -0.3 is 9.84 Å². The molecule has 0 fully saturated rings. The van der Waals surface area contributed by atoms with Crippen LogP contribution in [0.2, 0.25) is 0 Å². The Bertz CT molecular complexity index is 594. The zero-order valence-corrected chi connectivity index (χ0v) is 12.9. The van der Waals surface area contributed by atoms with E-state index in [9.17, 15) is 4.79 Å². The maximum Gasteiger partial charge on any atom is 0.335 e. The normalized spacial score (nSPS) is 10.0. The molecule has 0 spiro atoms. The lowest BCUT2D eigenvalue weighted by Crippen LogP contribution is -2.06. The van der Waals surface area contributed by atoms with E-state index < -0.39 is 5.97 Å². The first-order valence-corrected chi connectivity index (χ1v) is 6.63. The van der Waals surface area contributed by atoms with Gasteiger partial charge in [0.2, 0.25) is 0 Å². The summed E-state index contributed by atoms with van der Waals surface area (Å²) in [6.45, 7) is 4.68. The zero-order valence-electron chi connectivity index (χ0n) is 12.1. The number of carboxylic acids is 1. The Balaban J connectivity index is 0.00000220. The van der Waals surface area contributed by atoms with Crippen molar-refractivity contribution in [2.45, 2.75) is 13.8 Å². The minimum absolute atomic E-state index is 0. The zero-order chi connectivity index (χ0) is 14.5. The molecule has 2 aromatic rings. The summed E-state index contributed by atoms with van der Waals surface area (Å²) in [5.41, 5.74) is 2.17. The third-order valence-corrected chi connectivity index (χ3v) is 2.89. The highest BCUT2D eigenvalue weighted by molar-refractivity contribution is 5.89. The summed E-state index contributed by atoms with van der Waals surface area (Å²) in [5, 5.41) is 9.09. The molecule has 0 bridgehead atoms. The van der Waals surface area contributed by atoms with Crippen molar-refractivity contribution in [3.05, 3.63) is 54.1 Å². The van der Waals surface area contributed by atoms with E-state index in [2.05, 4.69) is 13.8 Å². The molecule has 0 radical (unpaired) electrons. The molecular weight excluding hydrogens is 288 g/mol. The lowest BCUT2D eigenvalue weighted by Gasteiger charge is -2.14. The minimum Gasteiger partial charge on any atom is -0.493 e. The molecule has 0 aliphatic carbocycles. The number of aromatic carboxylic acids is 1. The van der Waals surface area contributed by atoms with Crippen LogP contribution in [0.5, 0.6) is 5.75 Å². The number of hydrogen-bond donors (Lipinski definition) is 1. The van der Waals surface area contributed by atoms with Gasteiger partial charge in [0.1, 0.15) is 5.75 Å². The van der Waals surface area contributed by atoms with Gasteiger partial charge in [0.15, 0.2) is 0 Å². The van der Waals surface area contributed by atoms with Crippen molar-refractivity contribution in [3.8, 4) is 16.9 Å². The van der Waals surface area contributed by atoms with E-state index in [0.29, 0.717) is 18.3 Å². The Hall–Kier alpha value is -2.00. The van der Waals surface area contributed by atoms with Crippen LogP contribution in [0.25, 0.3) is 11.1 Å². The number of ether oxygens (including phenoxy) is 1. The molecule has 0 heterocycles. The number of hydrogen-bond acceptors (Lipinski definition) is 2. The number of carboxylic acid groups (broad SMARTS) is 1. The number of halogens is 1. The Kier molecular flexibility index (Phi) is 6.25. The molecule has 0 aromatic heterocycles. The molecule has 0 atom stereocenters. The number of carbonyl (C=O) groups is 1. The van der Waals surface area contributed by atoms with Crippen LogP contribution in [0.4, 0.5) is 0 Å². The van der Waals surface area contributed by atoms with Crippen molar-refractivity contribution in [2.75, 3.05) is 6.61 Å². The van der Waals surface area contributed by atoms with E-state index in [-0.39, 0.29) is 18.0 Å². The second kappa shape index (κ2) is 7.70. The topological polar surface area (TPSA) is 46.5 Å². The largest absolute Gasteiger partial charge is 0.493 e. The SMILES string of the molecule is CC(C)COc1cc(C(=O)O)ccc1-c1ccccc1.Cl. The summed E-state index contributed by atoms with van der Waals surface area (Å²) in [6.07, 6.45) is 0. The van der Waals surface area contributed by atoms with Crippen LogP contribution in [0.1, 0.15) is 24.2 Å². The maximum atomic E-state index is 11.1. The first-order chi connectivity index (χ1) is 9.58. The van der Waals surface area contributed by atoms with E-state index in [1.807, 2.05) is 30.3 Å². The molecule has 21 heavy (non-hydrogen) atoms. The number of benzene rings is 2. The third kappa shape index (κ3) is 4.50. The third-order valence-electron chi connectivity index (χ3n) is 2.89. The molecule has 112 valence electrons. The lowest BCUT2D eigenvalue weighted by atomic mass is 10.0. The monoisotopic (exact) mass is 306 g/mol. The smallest absolute Gasteiger partial charge is 0.335 e. The standard InChI is InChI=1S/C17H18O3.ClH/c1-12(2)11-20-16-10-14(17(18)19)8-9-15(16)13-6-4-3-5-7-13;/h3-10,12H,11H2,1-2H3,(H,18,19);1H. The van der Waals surface area contributed by atoms with Crippen LogP contribution in [0.15, 0.2) is 48.5 Å². The van der Waals surface area contributed by atoms with Crippen molar-refractivity contribution in [3.63, 3.8) is 0 Å². The molecule has 0 saturated carbocycles. The Morgan fingerprint density at radius 3 is 2.38 bits per heavy atom. The van der Waals surface area contributed by atoms with Gasteiger partial charge in [0, 0.05) is 5.56 Å². The summed E-state index contributed by atoms with van der Waals surface area (Å²) in [5.74, 6) is 0.0518. The van der Waals surface area contributed by atoms with Crippen LogP contribution < -0.4 is 4.74 Å². The van der Waals surface area contributed by atoms with Gasteiger partial charge in [-0.05, 0) is 29.7 Å². The highest BCUT2D eigenvalue weighted by Crippen LogP contribution is 2.31. The first-order valence-electron chi connectivity index (χ1n) is 6.63. The van der Waals surface area contributed by atoms with Crippen LogP contribution in [0.3, 0.4) is 0 Å². The predicted molar refractivity (Wildman–Crippen MR) is 86.4 cm³/mol. The van der Waals surface area contributed by atoms with E-state index in [1.165, 1.54) is 0 Å². The van der Waals surface area contributed by atoms with Gasteiger partial charge in [-0.1, -0.05) is 44.2 Å². The van der Waals surface area contributed by atoms with Gasteiger partial charge in [-0.15, -0.1) is 12.4 Å². The summed E-state index contributed by atoms with van der Waals surface area (Å²) in [7, 11) is 0. The van der Waals surface area contributed by atoms with Crippen LogP contribution >= 0.6 is 12.4 Å². The van der Waals surface area contributed by atoms with Crippen LogP contribution in [-0.4, -0.2) is 17.7 Å². The molecule has 2 aromatic carbocycles. The van der Waals surface area contributed by atoms with E-state index >= 15 is 0 Å². The van der Waals surface area contributed by atoms with Crippen molar-refractivity contribution >= 4 is 18.4 Å². The number of rotatable bonds is 5. The van der Waals surface area contributed by atoms with Crippen molar-refractivity contribution in [2.24, 2.45) is 5.92 Å². The second-order valence-corrected chi connectivity index (χ2v) is 5.09. The fourth-order valence-electron chi connectivity index (χ4n) is 1.89. The molecular formula is C17H19ClO3. The molecule has 3 nitrogen and oxygen atoms in total. The molecule has 4 heteroatoms.